The van der Waals surface area contributed by atoms with Crippen molar-refractivity contribution in [2.75, 3.05) is 19.4 Å². The highest BCUT2D eigenvalue weighted by Gasteiger charge is 2.28. The first-order valence-corrected chi connectivity index (χ1v) is 27.4. The van der Waals surface area contributed by atoms with Crippen molar-refractivity contribution in [1.29, 1.82) is 0 Å². The fraction of sp³-hybridized carbons (Fsp3) is 0.979. The molecule has 0 aliphatic heterocycles. The Morgan fingerprint density at radius 2 is 0.827 bits per heavy atom. The van der Waals surface area contributed by atoms with E-state index in [4.69, 9.17) is 4.43 Å². The monoisotopic (exact) mass is 768 g/mol. The van der Waals surface area contributed by atoms with Crippen LogP contribution >= 0.6 is 11.8 Å². The van der Waals surface area contributed by atoms with Gasteiger partial charge in [-0.2, -0.15) is 0 Å². The lowest BCUT2D eigenvalue weighted by Crippen LogP contribution is -2.48. The Morgan fingerprint density at radius 3 is 1.17 bits per heavy atom. The van der Waals surface area contributed by atoms with Gasteiger partial charge in [0.25, 0.3) is 0 Å². The molecule has 1 atom stereocenters. The molecule has 5 heteroatoms. The Kier molecular flexibility index (Phi) is 42.4. The Hall–Kier alpha value is 0.157. The Morgan fingerprint density at radius 1 is 0.500 bits per heavy atom. The zero-order valence-corrected chi connectivity index (χ0v) is 38.6. The van der Waals surface area contributed by atoms with Gasteiger partial charge >= 0.3 is 0 Å². The first kappa shape index (κ1) is 52.2. The van der Waals surface area contributed by atoms with E-state index in [-0.39, 0.29) is 5.54 Å². The first-order chi connectivity index (χ1) is 25.5. The maximum absolute atomic E-state index is 12.5. The third kappa shape index (κ3) is 37.1. The standard InChI is InChI=1S/C47H97NO2SSi/c1-6-9-12-15-18-21-24-25-26-27-30-33-36-40-46(49)51-43-39-44-52(5)50-45-47(48-4,41-37-34-31-28-22-19-16-13-10-7-2)42-38-35-32-29-23-20-17-14-11-8-3/h48,52H,6-45H2,1-5H3. The molecule has 0 rings (SSSR count). The summed E-state index contributed by atoms with van der Waals surface area (Å²) in [6.45, 7) is 10.2. The molecule has 0 aliphatic rings. The van der Waals surface area contributed by atoms with Gasteiger partial charge in [-0.3, -0.25) is 4.79 Å². The average Bonchev–Trinajstić information content (AvgIpc) is 3.15. The molecular weight excluding hydrogens is 671 g/mol. The normalized spacial score (nSPS) is 12.6. The van der Waals surface area contributed by atoms with Crippen molar-refractivity contribution in [3.05, 3.63) is 0 Å². The summed E-state index contributed by atoms with van der Waals surface area (Å²) in [4.78, 5) is 12.5. The maximum atomic E-state index is 12.5. The average molecular weight is 768 g/mol. The molecule has 52 heavy (non-hydrogen) atoms. The number of carbonyl (C=O) groups excluding carboxylic acids is 1. The van der Waals surface area contributed by atoms with Crippen molar-refractivity contribution >= 4 is 25.9 Å². The predicted octanol–water partition coefficient (Wildman–Crippen LogP) is 16.1. The van der Waals surface area contributed by atoms with E-state index in [1.54, 1.807) is 11.8 Å². The van der Waals surface area contributed by atoms with E-state index in [9.17, 15) is 4.79 Å². The third-order valence-corrected chi connectivity index (χ3v) is 14.7. The molecule has 1 unspecified atom stereocenters. The van der Waals surface area contributed by atoms with Crippen LogP contribution in [0.25, 0.3) is 0 Å². The van der Waals surface area contributed by atoms with Gasteiger partial charge in [0.05, 0.1) is 6.61 Å². The zero-order valence-electron chi connectivity index (χ0n) is 36.6. The van der Waals surface area contributed by atoms with Gasteiger partial charge in [-0.15, -0.1) is 0 Å². The summed E-state index contributed by atoms with van der Waals surface area (Å²) >= 11 is 1.59. The Bertz CT molecular complexity index is 683. The van der Waals surface area contributed by atoms with E-state index in [1.165, 1.54) is 224 Å². The van der Waals surface area contributed by atoms with E-state index in [2.05, 4.69) is 39.7 Å². The molecule has 0 saturated heterocycles. The minimum Gasteiger partial charge on any atom is -0.418 e. The fourth-order valence-electron chi connectivity index (χ4n) is 7.79. The molecule has 0 radical (unpaired) electrons. The van der Waals surface area contributed by atoms with Gasteiger partial charge < -0.3 is 9.74 Å². The molecule has 0 aromatic rings. The molecule has 0 bridgehead atoms. The van der Waals surface area contributed by atoms with E-state index >= 15 is 0 Å². The second-order valence-corrected chi connectivity index (χ2v) is 20.6. The summed E-state index contributed by atoms with van der Waals surface area (Å²) in [5.41, 5.74) is 0.139. The van der Waals surface area contributed by atoms with Gasteiger partial charge in [-0.05, 0) is 45.3 Å². The maximum Gasteiger partial charge on any atom is 0.188 e. The number of hydrogen-bond acceptors (Lipinski definition) is 4. The van der Waals surface area contributed by atoms with Gasteiger partial charge in [-0.25, -0.2) is 0 Å². The van der Waals surface area contributed by atoms with Gasteiger partial charge in [0.15, 0.2) is 14.2 Å². The zero-order chi connectivity index (χ0) is 38.1. The molecule has 312 valence electrons. The van der Waals surface area contributed by atoms with Crippen LogP contribution in [-0.2, 0) is 9.22 Å². The largest absolute Gasteiger partial charge is 0.418 e. The van der Waals surface area contributed by atoms with Crippen LogP contribution in [0, 0.1) is 0 Å². The summed E-state index contributed by atoms with van der Waals surface area (Å²) in [6, 6.07) is 1.19. The number of rotatable bonds is 44. The molecular formula is C47H97NO2SSi. The smallest absolute Gasteiger partial charge is 0.188 e. The van der Waals surface area contributed by atoms with Crippen LogP contribution in [0.5, 0.6) is 0 Å². The van der Waals surface area contributed by atoms with Crippen LogP contribution in [0.15, 0.2) is 0 Å². The lowest BCUT2D eigenvalue weighted by atomic mass is 9.87. The van der Waals surface area contributed by atoms with Crippen molar-refractivity contribution < 1.29 is 9.22 Å². The van der Waals surface area contributed by atoms with Gasteiger partial charge in [-0.1, -0.05) is 238 Å². The van der Waals surface area contributed by atoms with Crippen molar-refractivity contribution in [2.45, 2.75) is 276 Å². The predicted molar refractivity (Wildman–Crippen MR) is 241 cm³/mol. The number of thioether (sulfide) groups is 1. The van der Waals surface area contributed by atoms with Crippen molar-refractivity contribution in [3.8, 4) is 0 Å². The van der Waals surface area contributed by atoms with Crippen LogP contribution in [0.2, 0.25) is 12.6 Å². The summed E-state index contributed by atoms with van der Waals surface area (Å²) < 4.78 is 6.73. The SMILES string of the molecule is CCCCCCCCCCCCCCCC(=O)SCCC[SiH](C)OCC(CCCCCCCCCCCC)(CCCCCCCCCCCC)NC. The van der Waals surface area contributed by atoms with Gasteiger partial charge in [0.1, 0.15) is 0 Å². The first-order valence-electron chi connectivity index (χ1n) is 24.0. The quantitative estimate of drug-likeness (QED) is 0.0495. The number of nitrogens with one attached hydrogen (secondary N) is 1. The van der Waals surface area contributed by atoms with E-state index in [0.717, 1.165) is 31.6 Å². The lowest BCUT2D eigenvalue weighted by molar-refractivity contribution is -0.111. The summed E-state index contributed by atoms with van der Waals surface area (Å²) in [6.07, 6.45) is 50.0. The summed E-state index contributed by atoms with van der Waals surface area (Å²) in [7, 11) is 0.961. The summed E-state index contributed by atoms with van der Waals surface area (Å²) in [5, 5.41) is 4.23. The van der Waals surface area contributed by atoms with Crippen LogP contribution in [-0.4, -0.2) is 39.1 Å². The van der Waals surface area contributed by atoms with E-state index < -0.39 is 9.04 Å². The van der Waals surface area contributed by atoms with E-state index in [1.807, 2.05) is 0 Å². The number of likely N-dealkylation sites (N-methyl/N-ethyl adjacent to an activating group) is 1. The Labute approximate surface area is 335 Å². The number of unbranched alkanes of at least 4 members (excludes halogenated alkanes) is 30. The van der Waals surface area contributed by atoms with Crippen LogP contribution in [0.3, 0.4) is 0 Å². The van der Waals surface area contributed by atoms with Crippen LogP contribution in [0.1, 0.15) is 258 Å². The van der Waals surface area contributed by atoms with Gasteiger partial charge in [0, 0.05) is 17.7 Å². The Balaban J connectivity index is 4.26. The van der Waals surface area contributed by atoms with Crippen LogP contribution in [0.4, 0.5) is 0 Å². The molecule has 0 amide bonds. The van der Waals surface area contributed by atoms with Gasteiger partial charge in [0.2, 0.25) is 0 Å². The topological polar surface area (TPSA) is 38.3 Å². The van der Waals surface area contributed by atoms with E-state index in [0.29, 0.717) is 5.12 Å². The molecule has 0 spiro atoms. The molecule has 0 aliphatic carbocycles. The number of carbonyl (C=O) groups is 1. The molecule has 0 fully saturated rings. The van der Waals surface area contributed by atoms with Crippen molar-refractivity contribution in [2.24, 2.45) is 0 Å². The minimum absolute atomic E-state index is 0.139. The molecule has 0 aromatic heterocycles. The number of hydrogen-bond donors (Lipinski definition) is 1. The molecule has 0 heterocycles. The third-order valence-electron chi connectivity index (χ3n) is 11.7. The fourth-order valence-corrected chi connectivity index (χ4v) is 10.5. The molecule has 0 aromatic carbocycles. The highest BCUT2D eigenvalue weighted by Crippen LogP contribution is 2.25. The molecule has 1 N–H and O–H groups in total. The van der Waals surface area contributed by atoms with Crippen LogP contribution < -0.4 is 5.32 Å². The highest BCUT2D eigenvalue weighted by atomic mass is 32.2. The summed E-state index contributed by atoms with van der Waals surface area (Å²) in [5.74, 6) is 0.979. The molecule has 0 saturated carbocycles. The van der Waals surface area contributed by atoms with Crippen molar-refractivity contribution in [1.82, 2.24) is 5.32 Å². The molecule has 3 nitrogen and oxygen atoms in total. The van der Waals surface area contributed by atoms with Crippen molar-refractivity contribution in [3.63, 3.8) is 0 Å². The second-order valence-electron chi connectivity index (χ2n) is 16.9. The highest BCUT2D eigenvalue weighted by molar-refractivity contribution is 8.13. The second kappa shape index (κ2) is 42.3. The lowest BCUT2D eigenvalue weighted by Gasteiger charge is -2.35. The minimum atomic E-state index is -1.24.